The van der Waals surface area contributed by atoms with Crippen LogP contribution in [0.3, 0.4) is 0 Å². The number of nitriles is 2. The number of esters is 1. The van der Waals surface area contributed by atoms with E-state index in [9.17, 15) is 28.1 Å². The molecule has 0 saturated heterocycles. The second kappa shape index (κ2) is 7.63. The lowest BCUT2D eigenvalue weighted by Crippen LogP contribution is -2.50. The molecule has 0 amide bonds. The van der Waals surface area contributed by atoms with Crippen LogP contribution in [0.4, 0.5) is 4.39 Å². The Labute approximate surface area is 167 Å². The van der Waals surface area contributed by atoms with Crippen molar-refractivity contribution >= 4 is 16.0 Å². The first-order valence-electron chi connectivity index (χ1n) is 8.67. The van der Waals surface area contributed by atoms with Gasteiger partial charge in [0.2, 0.25) is 10.0 Å². The van der Waals surface area contributed by atoms with Crippen LogP contribution >= 0.6 is 0 Å². The smallest absolute Gasteiger partial charge is 0.326 e. The zero-order valence-electron chi connectivity index (χ0n) is 15.4. The van der Waals surface area contributed by atoms with E-state index in [4.69, 9.17) is 4.74 Å². The average molecular weight is 413 g/mol. The van der Waals surface area contributed by atoms with E-state index in [0.717, 1.165) is 16.4 Å². The standard InChI is InChI=1S/C20H16FN3O4S/c1-2-28-19(25)17(11-22)20(13-23)16-5-3-4-6-18(16)29(26,27)24(20)12-14-7-9-15(21)10-8-14/h3-10,17H,2,12H2,1H3. The van der Waals surface area contributed by atoms with Crippen LogP contribution in [0.15, 0.2) is 53.4 Å². The molecule has 148 valence electrons. The van der Waals surface area contributed by atoms with E-state index in [1.165, 1.54) is 36.4 Å². The summed E-state index contributed by atoms with van der Waals surface area (Å²) in [5, 5.41) is 19.9. The molecule has 0 N–H and O–H groups in total. The Morgan fingerprint density at radius 1 is 1.21 bits per heavy atom. The molecule has 3 rings (SSSR count). The highest BCUT2D eigenvalue weighted by Gasteiger charge is 2.61. The SMILES string of the molecule is CCOC(=O)C(C#N)C1(C#N)c2ccccc2S(=O)(=O)N1Cc1ccc(F)cc1. The van der Waals surface area contributed by atoms with Gasteiger partial charge in [-0.1, -0.05) is 30.3 Å². The fraction of sp³-hybridized carbons (Fsp3) is 0.250. The third-order valence-electron chi connectivity index (χ3n) is 4.74. The van der Waals surface area contributed by atoms with Crippen LogP contribution in [-0.4, -0.2) is 25.3 Å². The maximum Gasteiger partial charge on any atom is 0.326 e. The van der Waals surface area contributed by atoms with Crippen molar-refractivity contribution in [3.8, 4) is 12.1 Å². The Morgan fingerprint density at radius 3 is 2.45 bits per heavy atom. The molecule has 1 aliphatic heterocycles. The number of fused-ring (bicyclic) bond motifs is 1. The highest BCUT2D eigenvalue weighted by atomic mass is 32.2. The molecule has 2 aromatic carbocycles. The molecule has 29 heavy (non-hydrogen) atoms. The third kappa shape index (κ3) is 3.15. The fourth-order valence-corrected chi connectivity index (χ4v) is 5.37. The van der Waals surface area contributed by atoms with Crippen molar-refractivity contribution in [1.82, 2.24) is 4.31 Å². The van der Waals surface area contributed by atoms with Crippen LogP contribution in [0.25, 0.3) is 0 Å². The third-order valence-corrected chi connectivity index (χ3v) is 6.65. The van der Waals surface area contributed by atoms with E-state index in [0.29, 0.717) is 5.56 Å². The molecule has 0 saturated carbocycles. The topological polar surface area (TPSA) is 111 Å². The Bertz CT molecular complexity index is 1140. The van der Waals surface area contributed by atoms with E-state index in [-0.39, 0.29) is 23.6 Å². The van der Waals surface area contributed by atoms with Gasteiger partial charge in [-0.2, -0.15) is 14.8 Å². The van der Waals surface area contributed by atoms with Gasteiger partial charge in [-0.3, -0.25) is 4.79 Å². The molecule has 0 bridgehead atoms. The van der Waals surface area contributed by atoms with Gasteiger partial charge >= 0.3 is 5.97 Å². The minimum absolute atomic E-state index is 0.0317. The quantitative estimate of drug-likeness (QED) is 0.696. The lowest BCUT2D eigenvalue weighted by Gasteiger charge is -2.33. The number of hydrogen-bond donors (Lipinski definition) is 0. The van der Waals surface area contributed by atoms with Crippen LogP contribution < -0.4 is 0 Å². The normalized spacial score (nSPS) is 20.8. The molecule has 1 heterocycles. The van der Waals surface area contributed by atoms with Crippen molar-refractivity contribution in [2.24, 2.45) is 5.92 Å². The molecule has 0 fully saturated rings. The molecule has 7 nitrogen and oxygen atoms in total. The lowest BCUT2D eigenvalue weighted by molar-refractivity contribution is -0.149. The second-order valence-electron chi connectivity index (χ2n) is 6.33. The maximum atomic E-state index is 13.3. The summed E-state index contributed by atoms with van der Waals surface area (Å²) in [5.74, 6) is -3.21. The lowest BCUT2D eigenvalue weighted by atomic mass is 9.79. The predicted octanol–water partition coefficient (Wildman–Crippen LogP) is 2.45. The number of ether oxygens (including phenoxy) is 1. The summed E-state index contributed by atoms with van der Waals surface area (Å²) in [5.41, 5.74) is -1.70. The summed E-state index contributed by atoms with van der Waals surface area (Å²) in [6.07, 6.45) is 0. The first kappa shape index (κ1) is 20.5. The van der Waals surface area contributed by atoms with Crippen molar-refractivity contribution in [1.29, 1.82) is 10.5 Å². The summed E-state index contributed by atoms with van der Waals surface area (Å²) in [6, 6.07) is 14.5. The number of halogens is 1. The van der Waals surface area contributed by atoms with Gasteiger partial charge in [-0.25, -0.2) is 12.8 Å². The van der Waals surface area contributed by atoms with Gasteiger partial charge in [0.15, 0.2) is 11.5 Å². The van der Waals surface area contributed by atoms with Gasteiger partial charge in [0.25, 0.3) is 0 Å². The van der Waals surface area contributed by atoms with Crippen molar-refractivity contribution in [2.75, 3.05) is 6.61 Å². The first-order chi connectivity index (χ1) is 13.8. The molecule has 0 aromatic heterocycles. The number of sulfonamides is 1. The zero-order chi connectivity index (χ0) is 21.2. The maximum absolute atomic E-state index is 13.3. The van der Waals surface area contributed by atoms with E-state index in [1.807, 2.05) is 6.07 Å². The molecule has 1 aliphatic rings. The number of carbonyl (C=O) groups excluding carboxylic acids is 1. The van der Waals surface area contributed by atoms with Crippen LogP contribution in [0, 0.1) is 34.4 Å². The Morgan fingerprint density at radius 2 is 1.86 bits per heavy atom. The molecular weight excluding hydrogens is 397 g/mol. The number of nitrogens with zero attached hydrogens (tertiary/aromatic N) is 3. The Hall–Kier alpha value is -3.27. The molecule has 9 heteroatoms. The zero-order valence-corrected chi connectivity index (χ0v) is 16.2. The molecular formula is C20H16FN3O4S. The summed E-state index contributed by atoms with van der Waals surface area (Å²) in [4.78, 5) is 12.4. The molecule has 2 atom stereocenters. The van der Waals surface area contributed by atoms with Gasteiger partial charge in [0.05, 0.1) is 23.6 Å². The summed E-state index contributed by atoms with van der Waals surface area (Å²) in [6.45, 7) is 1.17. The van der Waals surface area contributed by atoms with Crippen LogP contribution in [0.2, 0.25) is 0 Å². The highest BCUT2D eigenvalue weighted by Crippen LogP contribution is 2.49. The Balaban J connectivity index is 2.26. The van der Waals surface area contributed by atoms with Gasteiger partial charge < -0.3 is 4.74 Å². The van der Waals surface area contributed by atoms with Crippen molar-refractivity contribution in [3.05, 3.63) is 65.5 Å². The Kier molecular flexibility index (Phi) is 5.38. The predicted molar refractivity (Wildman–Crippen MR) is 98.6 cm³/mol. The minimum Gasteiger partial charge on any atom is -0.465 e. The highest BCUT2D eigenvalue weighted by molar-refractivity contribution is 7.89. The molecule has 2 unspecified atom stereocenters. The average Bonchev–Trinajstić information content (AvgIpc) is 2.90. The van der Waals surface area contributed by atoms with Crippen LogP contribution in [-0.2, 0) is 31.6 Å². The van der Waals surface area contributed by atoms with Gasteiger partial charge in [-0.15, -0.1) is 0 Å². The molecule has 2 aromatic rings. The van der Waals surface area contributed by atoms with Gasteiger partial charge in [0.1, 0.15) is 5.82 Å². The number of hydrogen-bond acceptors (Lipinski definition) is 6. The number of benzene rings is 2. The fourth-order valence-electron chi connectivity index (χ4n) is 3.44. The number of rotatable bonds is 5. The monoisotopic (exact) mass is 413 g/mol. The van der Waals surface area contributed by atoms with E-state index in [1.54, 1.807) is 13.0 Å². The van der Waals surface area contributed by atoms with Gasteiger partial charge in [0, 0.05) is 12.1 Å². The van der Waals surface area contributed by atoms with Crippen molar-refractivity contribution in [2.45, 2.75) is 23.9 Å². The molecule has 0 radical (unpaired) electrons. The molecule has 0 aliphatic carbocycles. The summed E-state index contributed by atoms with van der Waals surface area (Å²) in [7, 11) is -4.22. The first-order valence-corrected chi connectivity index (χ1v) is 10.1. The van der Waals surface area contributed by atoms with E-state index >= 15 is 0 Å². The van der Waals surface area contributed by atoms with Crippen molar-refractivity contribution < 1.29 is 22.3 Å². The molecule has 0 spiro atoms. The largest absolute Gasteiger partial charge is 0.465 e. The minimum atomic E-state index is -4.22. The van der Waals surface area contributed by atoms with Gasteiger partial charge in [-0.05, 0) is 30.7 Å². The summed E-state index contributed by atoms with van der Waals surface area (Å²) >= 11 is 0. The number of carbonyl (C=O) groups is 1. The van der Waals surface area contributed by atoms with Crippen LogP contribution in [0.5, 0.6) is 0 Å². The summed E-state index contributed by atoms with van der Waals surface area (Å²) < 4.78 is 45.6. The van der Waals surface area contributed by atoms with Crippen molar-refractivity contribution in [3.63, 3.8) is 0 Å². The van der Waals surface area contributed by atoms with Crippen LogP contribution in [0.1, 0.15) is 18.1 Å². The van der Waals surface area contributed by atoms with E-state index < -0.39 is 33.3 Å². The van der Waals surface area contributed by atoms with E-state index in [2.05, 4.69) is 0 Å². The second-order valence-corrected chi connectivity index (χ2v) is 8.16.